The van der Waals surface area contributed by atoms with Crippen molar-refractivity contribution in [3.05, 3.63) is 30.6 Å². The van der Waals surface area contributed by atoms with Crippen LogP contribution in [0.1, 0.15) is 6.42 Å². The molecular formula is C14H15N3O3S. The second-order valence-corrected chi connectivity index (χ2v) is 5.89. The minimum absolute atomic E-state index is 0.120. The van der Waals surface area contributed by atoms with E-state index in [9.17, 15) is 9.59 Å². The third-order valence-electron chi connectivity index (χ3n) is 3.58. The Balaban J connectivity index is 1.67. The number of para-hydroxylation sites is 2. The number of imidazole rings is 1. The molecule has 1 fully saturated rings. The fourth-order valence-electron chi connectivity index (χ4n) is 2.44. The number of aromatic nitrogens is 2. The maximum Gasteiger partial charge on any atom is 0.327 e. The minimum Gasteiger partial charge on any atom is -0.480 e. The molecule has 0 unspecified atom stereocenters. The van der Waals surface area contributed by atoms with Gasteiger partial charge in [0.1, 0.15) is 6.04 Å². The van der Waals surface area contributed by atoms with E-state index >= 15 is 0 Å². The molecule has 0 bridgehead atoms. The highest BCUT2D eigenvalue weighted by Gasteiger charge is 2.34. The van der Waals surface area contributed by atoms with Gasteiger partial charge in [-0.05, 0) is 12.1 Å². The summed E-state index contributed by atoms with van der Waals surface area (Å²) in [5.74, 6) is -0.123. The number of benzene rings is 1. The number of hydrogen-bond acceptors (Lipinski definition) is 4. The molecule has 2 aromatic rings. The molecule has 0 saturated carbocycles. The molecular weight excluding hydrogens is 290 g/mol. The summed E-state index contributed by atoms with van der Waals surface area (Å²) in [6.07, 6.45) is 2.00. The zero-order valence-corrected chi connectivity index (χ0v) is 12.1. The Bertz CT molecular complexity index is 685. The molecule has 1 N–H and O–H groups in total. The number of thioether (sulfide) groups is 1. The van der Waals surface area contributed by atoms with Gasteiger partial charge in [-0.3, -0.25) is 4.79 Å². The lowest BCUT2D eigenvalue weighted by molar-refractivity contribution is -0.147. The zero-order valence-electron chi connectivity index (χ0n) is 11.3. The van der Waals surface area contributed by atoms with E-state index in [0.717, 1.165) is 11.0 Å². The molecule has 6 nitrogen and oxygen atoms in total. The highest BCUT2D eigenvalue weighted by atomic mass is 32.2. The van der Waals surface area contributed by atoms with E-state index in [4.69, 9.17) is 5.11 Å². The van der Waals surface area contributed by atoms with Crippen molar-refractivity contribution in [1.82, 2.24) is 14.5 Å². The number of carbonyl (C=O) groups excluding carboxylic acids is 1. The summed E-state index contributed by atoms with van der Waals surface area (Å²) in [5.41, 5.74) is 1.88. The Hall–Kier alpha value is -2.02. The standard InChI is InChI=1S/C14H15N3O3S/c18-13(17-9-21-7-12(17)14(19)20)5-6-16-8-15-10-3-1-2-4-11(10)16/h1-4,8,12H,5-7,9H2,(H,19,20)/t12-/m0/s1. The number of amides is 1. The number of carbonyl (C=O) groups is 2. The second kappa shape index (κ2) is 5.77. The first-order valence-electron chi connectivity index (χ1n) is 6.66. The van der Waals surface area contributed by atoms with Crippen molar-refractivity contribution in [1.29, 1.82) is 0 Å². The van der Waals surface area contributed by atoms with Crippen LogP contribution in [0.25, 0.3) is 11.0 Å². The number of carboxylic acids is 1. The molecule has 7 heteroatoms. The molecule has 110 valence electrons. The lowest BCUT2D eigenvalue weighted by Gasteiger charge is -2.20. The van der Waals surface area contributed by atoms with E-state index in [1.165, 1.54) is 16.7 Å². The number of hydrogen-bond donors (Lipinski definition) is 1. The number of aliphatic carboxylic acids is 1. The number of carboxylic acid groups (broad SMARTS) is 1. The molecule has 1 aromatic carbocycles. The molecule has 1 atom stereocenters. The first-order chi connectivity index (χ1) is 10.2. The molecule has 0 spiro atoms. The fraction of sp³-hybridized carbons (Fsp3) is 0.357. The molecule has 0 aliphatic carbocycles. The van der Waals surface area contributed by atoms with Gasteiger partial charge in [-0.15, -0.1) is 11.8 Å². The van der Waals surface area contributed by atoms with Gasteiger partial charge in [0.05, 0.1) is 23.2 Å². The Morgan fingerprint density at radius 2 is 2.19 bits per heavy atom. The van der Waals surface area contributed by atoms with Crippen molar-refractivity contribution in [2.75, 3.05) is 11.6 Å². The first-order valence-corrected chi connectivity index (χ1v) is 7.82. The van der Waals surface area contributed by atoms with E-state index < -0.39 is 12.0 Å². The summed E-state index contributed by atoms with van der Waals surface area (Å²) >= 11 is 1.48. The average Bonchev–Trinajstić information content (AvgIpc) is 3.12. The van der Waals surface area contributed by atoms with Gasteiger partial charge in [0.25, 0.3) is 0 Å². The van der Waals surface area contributed by atoms with Crippen molar-refractivity contribution in [3.63, 3.8) is 0 Å². The third kappa shape index (κ3) is 2.73. The lowest BCUT2D eigenvalue weighted by atomic mass is 10.2. The first kappa shape index (κ1) is 13.9. The van der Waals surface area contributed by atoms with Crippen molar-refractivity contribution in [2.24, 2.45) is 0 Å². The molecule has 0 radical (unpaired) electrons. The van der Waals surface area contributed by atoms with E-state index in [-0.39, 0.29) is 12.3 Å². The van der Waals surface area contributed by atoms with E-state index in [1.54, 1.807) is 6.33 Å². The maximum absolute atomic E-state index is 12.2. The lowest BCUT2D eigenvalue weighted by Crippen LogP contribution is -2.42. The Labute approximate surface area is 125 Å². The van der Waals surface area contributed by atoms with Crippen LogP contribution in [-0.4, -0.2) is 49.1 Å². The topological polar surface area (TPSA) is 75.4 Å². The summed E-state index contributed by atoms with van der Waals surface area (Å²) in [5, 5.41) is 9.10. The van der Waals surface area contributed by atoms with Crippen LogP contribution in [0.5, 0.6) is 0 Å². The molecule has 1 amide bonds. The molecule has 1 aromatic heterocycles. The summed E-state index contributed by atoms with van der Waals surface area (Å²) in [4.78, 5) is 29.0. The highest BCUT2D eigenvalue weighted by molar-refractivity contribution is 7.99. The van der Waals surface area contributed by atoms with Crippen LogP contribution in [0.15, 0.2) is 30.6 Å². The van der Waals surface area contributed by atoms with Crippen LogP contribution in [0.3, 0.4) is 0 Å². The van der Waals surface area contributed by atoms with Crippen LogP contribution in [-0.2, 0) is 16.1 Å². The third-order valence-corrected chi connectivity index (χ3v) is 4.59. The number of nitrogens with zero attached hydrogens (tertiary/aromatic N) is 3. The van der Waals surface area contributed by atoms with E-state index in [2.05, 4.69) is 4.98 Å². The van der Waals surface area contributed by atoms with Gasteiger partial charge in [0.2, 0.25) is 5.91 Å². The van der Waals surface area contributed by atoms with Gasteiger partial charge >= 0.3 is 5.97 Å². The van der Waals surface area contributed by atoms with Crippen LogP contribution >= 0.6 is 11.8 Å². The van der Waals surface area contributed by atoms with Crippen LogP contribution in [0.2, 0.25) is 0 Å². The molecule has 1 aliphatic heterocycles. The van der Waals surface area contributed by atoms with Crippen LogP contribution in [0.4, 0.5) is 0 Å². The number of rotatable bonds is 4. The van der Waals surface area contributed by atoms with Gasteiger partial charge in [0, 0.05) is 18.7 Å². The van der Waals surface area contributed by atoms with Crippen LogP contribution < -0.4 is 0 Å². The summed E-state index contributed by atoms with van der Waals surface area (Å²) < 4.78 is 1.92. The van der Waals surface area contributed by atoms with Gasteiger partial charge in [-0.2, -0.15) is 0 Å². The molecule has 1 saturated heterocycles. The monoisotopic (exact) mass is 305 g/mol. The van der Waals surface area contributed by atoms with Crippen molar-refractivity contribution in [3.8, 4) is 0 Å². The quantitative estimate of drug-likeness (QED) is 0.924. The molecule has 1 aliphatic rings. The van der Waals surface area contributed by atoms with Crippen molar-refractivity contribution in [2.45, 2.75) is 19.0 Å². The molecule has 2 heterocycles. The highest BCUT2D eigenvalue weighted by Crippen LogP contribution is 2.22. The van der Waals surface area contributed by atoms with Crippen LogP contribution in [0, 0.1) is 0 Å². The Morgan fingerprint density at radius 1 is 1.38 bits per heavy atom. The molecule has 3 rings (SSSR count). The van der Waals surface area contributed by atoms with Crippen molar-refractivity contribution >= 4 is 34.7 Å². The van der Waals surface area contributed by atoms with E-state index in [0.29, 0.717) is 18.2 Å². The summed E-state index contributed by atoms with van der Waals surface area (Å²) in [6, 6.07) is 7.04. The predicted molar refractivity (Wildman–Crippen MR) is 79.9 cm³/mol. The zero-order chi connectivity index (χ0) is 14.8. The Morgan fingerprint density at radius 3 is 3.00 bits per heavy atom. The Kier molecular flexibility index (Phi) is 3.83. The smallest absolute Gasteiger partial charge is 0.327 e. The SMILES string of the molecule is O=C(O)[C@@H]1CSCN1C(=O)CCn1cnc2ccccc21. The van der Waals surface area contributed by atoms with E-state index in [1.807, 2.05) is 28.8 Å². The normalized spacial score (nSPS) is 18.3. The second-order valence-electron chi connectivity index (χ2n) is 4.89. The number of aryl methyl sites for hydroxylation is 1. The van der Waals surface area contributed by atoms with Crippen molar-refractivity contribution < 1.29 is 14.7 Å². The predicted octanol–water partition coefficient (Wildman–Crippen LogP) is 1.41. The van der Waals surface area contributed by atoms with Gasteiger partial charge in [-0.25, -0.2) is 9.78 Å². The van der Waals surface area contributed by atoms with Gasteiger partial charge in [-0.1, -0.05) is 12.1 Å². The fourth-order valence-corrected chi connectivity index (χ4v) is 3.61. The van der Waals surface area contributed by atoms with Gasteiger partial charge < -0.3 is 14.6 Å². The largest absolute Gasteiger partial charge is 0.480 e. The number of fused-ring (bicyclic) bond motifs is 1. The summed E-state index contributed by atoms with van der Waals surface area (Å²) in [6.45, 7) is 0.507. The average molecular weight is 305 g/mol. The maximum atomic E-state index is 12.2. The minimum atomic E-state index is -0.929. The summed E-state index contributed by atoms with van der Waals surface area (Å²) in [7, 11) is 0. The van der Waals surface area contributed by atoms with Gasteiger partial charge in [0.15, 0.2) is 0 Å². The molecule has 21 heavy (non-hydrogen) atoms.